The molecule has 1 heterocycles. The zero-order valence-electron chi connectivity index (χ0n) is 19.3. The Kier molecular flexibility index (Phi) is 13.9. The Morgan fingerprint density at radius 3 is 2.16 bits per heavy atom. The van der Waals surface area contributed by atoms with Crippen LogP contribution in [0.15, 0.2) is 97.4 Å². The van der Waals surface area contributed by atoms with E-state index in [-0.39, 0.29) is 0 Å². The van der Waals surface area contributed by atoms with Gasteiger partial charge < -0.3 is 22.2 Å². The molecule has 0 aromatic heterocycles. The normalized spacial score (nSPS) is 15.4. The molecule has 0 amide bonds. The molecule has 6 N–H and O–H groups in total. The fourth-order valence-electron chi connectivity index (χ4n) is 3.24. The van der Waals surface area contributed by atoms with E-state index in [0.717, 1.165) is 12.2 Å². The van der Waals surface area contributed by atoms with Crippen LogP contribution in [0, 0.1) is 5.41 Å². The van der Waals surface area contributed by atoms with E-state index in [1.807, 2.05) is 36.4 Å². The number of hydrogen-bond acceptors (Lipinski definition) is 5. The van der Waals surface area contributed by atoms with Gasteiger partial charge in [0.15, 0.2) is 0 Å². The standard InChI is InChI=1S/C14H20N2.C7H9N.C6H10N2/c1-12(14-9-6-10-16(14)2)15-11-13-7-4-3-5-8-13;8-6-7-4-2-1-3-5-7;1-2-3-6(8)4-5-7/h3-5,7-8,14-15H,1,6,9-11H2,2H3;1-5H,6,8H2;2,4-5,7H,1,3,8H2/b;;6-4-,7-5?. The van der Waals surface area contributed by atoms with Crippen LogP contribution in [0.1, 0.15) is 30.4 Å². The van der Waals surface area contributed by atoms with Gasteiger partial charge in [0.1, 0.15) is 0 Å². The molecule has 0 bridgehead atoms. The van der Waals surface area contributed by atoms with Crippen LogP contribution >= 0.6 is 0 Å². The number of allylic oxidation sites excluding steroid dienone is 2. The van der Waals surface area contributed by atoms with Crippen molar-refractivity contribution in [2.24, 2.45) is 11.5 Å². The zero-order valence-corrected chi connectivity index (χ0v) is 19.3. The summed E-state index contributed by atoms with van der Waals surface area (Å²) in [5, 5.41) is 10.0. The fourth-order valence-corrected chi connectivity index (χ4v) is 3.24. The minimum Gasteiger partial charge on any atom is -0.402 e. The highest BCUT2D eigenvalue weighted by Crippen LogP contribution is 2.19. The second kappa shape index (κ2) is 16.5. The predicted octanol–water partition coefficient (Wildman–Crippen LogP) is 4.58. The van der Waals surface area contributed by atoms with E-state index in [1.54, 1.807) is 12.2 Å². The number of likely N-dealkylation sites (N-methyl/N-ethyl adjacent to an activating group) is 1. The van der Waals surface area contributed by atoms with E-state index in [1.165, 1.54) is 36.7 Å². The van der Waals surface area contributed by atoms with Crippen LogP contribution in [0.3, 0.4) is 0 Å². The summed E-state index contributed by atoms with van der Waals surface area (Å²) in [6.45, 7) is 10.3. The van der Waals surface area contributed by atoms with E-state index in [2.05, 4.69) is 54.7 Å². The van der Waals surface area contributed by atoms with Crippen LogP contribution in [-0.2, 0) is 13.1 Å². The van der Waals surface area contributed by atoms with Crippen molar-refractivity contribution in [2.45, 2.75) is 38.4 Å². The summed E-state index contributed by atoms with van der Waals surface area (Å²) >= 11 is 0. The van der Waals surface area contributed by atoms with Gasteiger partial charge in [0, 0.05) is 43.2 Å². The highest BCUT2D eigenvalue weighted by molar-refractivity contribution is 5.68. The molecule has 2 aromatic carbocycles. The minimum atomic E-state index is 0.517. The Balaban J connectivity index is 0.000000270. The van der Waals surface area contributed by atoms with Crippen molar-refractivity contribution in [1.82, 2.24) is 10.2 Å². The van der Waals surface area contributed by atoms with Crippen LogP contribution in [0.2, 0.25) is 0 Å². The number of rotatable bonds is 8. The van der Waals surface area contributed by atoms with Crippen LogP contribution in [0.4, 0.5) is 0 Å². The van der Waals surface area contributed by atoms with Crippen LogP contribution < -0.4 is 16.8 Å². The van der Waals surface area contributed by atoms with Crippen LogP contribution in [-0.4, -0.2) is 30.7 Å². The van der Waals surface area contributed by atoms with Gasteiger partial charge >= 0.3 is 0 Å². The Morgan fingerprint density at radius 2 is 1.72 bits per heavy atom. The molecule has 2 aromatic rings. The Bertz CT molecular complexity index is 814. The highest BCUT2D eigenvalue weighted by atomic mass is 15.2. The minimum absolute atomic E-state index is 0.517. The van der Waals surface area contributed by atoms with E-state index in [9.17, 15) is 0 Å². The largest absolute Gasteiger partial charge is 0.402 e. The molecular weight excluding hydrogens is 394 g/mol. The fraction of sp³-hybridized carbons (Fsp3) is 0.296. The van der Waals surface area contributed by atoms with Crippen molar-refractivity contribution in [3.63, 3.8) is 0 Å². The maximum absolute atomic E-state index is 6.60. The van der Waals surface area contributed by atoms with E-state index in [0.29, 0.717) is 24.7 Å². The molecule has 0 spiro atoms. The van der Waals surface area contributed by atoms with E-state index < -0.39 is 0 Å². The molecule has 5 nitrogen and oxygen atoms in total. The van der Waals surface area contributed by atoms with Gasteiger partial charge in [-0.3, -0.25) is 4.90 Å². The summed E-state index contributed by atoms with van der Waals surface area (Å²) in [5.74, 6) is 0. The predicted molar refractivity (Wildman–Crippen MR) is 138 cm³/mol. The maximum atomic E-state index is 6.60. The Labute approximate surface area is 194 Å². The zero-order chi connectivity index (χ0) is 23.6. The number of nitrogens with one attached hydrogen (secondary N) is 2. The number of benzene rings is 2. The van der Waals surface area contributed by atoms with Crippen molar-refractivity contribution in [1.29, 1.82) is 5.41 Å². The third kappa shape index (κ3) is 11.3. The topological polar surface area (TPSA) is 91.2 Å². The van der Waals surface area contributed by atoms with Gasteiger partial charge in [-0.05, 0) is 43.6 Å². The van der Waals surface area contributed by atoms with Gasteiger partial charge in [-0.2, -0.15) is 0 Å². The summed E-state index contributed by atoms with van der Waals surface area (Å²) in [5.41, 5.74) is 15.0. The molecule has 1 aliphatic rings. The molecule has 0 radical (unpaired) electrons. The average Bonchev–Trinajstić information content (AvgIpc) is 3.26. The Hall–Kier alpha value is -3.15. The van der Waals surface area contributed by atoms with Crippen molar-refractivity contribution >= 4 is 6.21 Å². The van der Waals surface area contributed by atoms with E-state index in [4.69, 9.17) is 16.9 Å². The Morgan fingerprint density at radius 1 is 1.12 bits per heavy atom. The average molecular weight is 434 g/mol. The smallest absolute Gasteiger partial charge is 0.0486 e. The van der Waals surface area contributed by atoms with Gasteiger partial charge in [0.25, 0.3) is 0 Å². The van der Waals surface area contributed by atoms with Gasteiger partial charge in [-0.25, -0.2) is 0 Å². The van der Waals surface area contributed by atoms with Crippen LogP contribution in [0.25, 0.3) is 0 Å². The summed E-state index contributed by atoms with van der Waals surface area (Å²) in [6.07, 6.45) is 7.59. The van der Waals surface area contributed by atoms with Gasteiger partial charge in [-0.1, -0.05) is 73.3 Å². The SMILES string of the molecule is C=C(NCc1ccccc1)C1CCCN1C.C=CC/C(N)=C/C=N.NCc1ccccc1. The lowest BCUT2D eigenvalue weighted by Gasteiger charge is -2.22. The molecule has 5 heteroatoms. The second-order valence-corrected chi connectivity index (χ2v) is 7.59. The first-order valence-corrected chi connectivity index (χ1v) is 11.0. The van der Waals surface area contributed by atoms with E-state index >= 15 is 0 Å². The van der Waals surface area contributed by atoms with Gasteiger partial charge in [-0.15, -0.1) is 6.58 Å². The first-order chi connectivity index (χ1) is 15.5. The summed E-state index contributed by atoms with van der Waals surface area (Å²) in [6, 6.07) is 21.0. The van der Waals surface area contributed by atoms with Crippen LogP contribution in [0.5, 0.6) is 0 Å². The van der Waals surface area contributed by atoms with Gasteiger partial charge in [0.05, 0.1) is 0 Å². The molecular formula is C27H39N5. The van der Waals surface area contributed by atoms with Crippen molar-refractivity contribution < 1.29 is 0 Å². The molecule has 3 rings (SSSR count). The molecule has 0 saturated carbocycles. The molecule has 0 aliphatic carbocycles. The molecule has 1 aliphatic heterocycles. The molecule has 1 fully saturated rings. The summed E-state index contributed by atoms with van der Waals surface area (Å²) in [4.78, 5) is 2.38. The lowest BCUT2D eigenvalue weighted by molar-refractivity contribution is 0.334. The third-order valence-corrected chi connectivity index (χ3v) is 5.04. The molecule has 1 unspecified atom stereocenters. The van der Waals surface area contributed by atoms with Gasteiger partial charge in [0.2, 0.25) is 0 Å². The number of nitrogens with zero attached hydrogens (tertiary/aromatic N) is 1. The number of hydrogen-bond donors (Lipinski definition) is 4. The van der Waals surface area contributed by atoms with Crippen molar-refractivity contribution in [2.75, 3.05) is 13.6 Å². The molecule has 172 valence electrons. The lowest BCUT2D eigenvalue weighted by atomic mass is 10.1. The second-order valence-electron chi connectivity index (χ2n) is 7.59. The summed E-state index contributed by atoms with van der Waals surface area (Å²) in [7, 11) is 2.17. The van der Waals surface area contributed by atoms with Crippen molar-refractivity contribution in [3.8, 4) is 0 Å². The lowest BCUT2D eigenvalue weighted by Crippen LogP contribution is -2.32. The number of likely N-dealkylation sites (tertiary alicyclic amines) is 1. The molecule has 32 heavy (non-hydrogen) atoms. The maximum Gasteiger partial charge on any atom is 0.0486 e. The first kappa shape index (κ1) is 26.9. The quantitative estimate of drug-likeness (QED) is 0.362. The monoisotopic (exact) mass is 433 g/mol. The first-order valence-electron chi connectivity index (χ1n) is 11.0. The summed E-state index contributed by atoms with van der Waals surface area (Å²) < 4.78 is 0. The number of nitrogens with two attached hydrogens (primary N) is 2. The highest BCUT2D eigenvalue weighted by Gasteiger charge is 2.22. The molecule has 1 saturated heterocycles. The third-order valence-electron chi connectivity index (χ3n) is 5.04. The van der Waals surface area contributed by atoms with Crippen molar-refractivity contribution in [3.05, 3.63) is 108 Å². The molecule has 1 atom stereocenters.